The standard InChI is InChI=1S/C70H52N4O/c1-70(2,3)56-37-38-71-68(44-56)74-64-32-17-16-31-60(64)61-36-35-59(46-67(61)74)75-58-30-20-29-57(45-58)72-47-73(66-34-19-18-33-65(66)72)69-62(51-27-14-7-15-28-51)42-54(50-25-12-6-13-26-50)43-63(69)55-40-52(48-21-8-4-9-22-48)39-53(41-55)49-23-10-5-11-24-49/h4-46H,1-3H3/i4D,5D,6D,7D,8D,9D,10D,11D,12D,13D,14D,15D,21D,22D,23D,24D,25D,26D,27D,28D,39D,40D,41D. The van der Waals surface area contributed by atoms with Gasteiger partial charge in [0.05, 0.1) is 65.0 Å². The van der Waals surface area contributed by atoms with E-state index in [4.69, 9.17) is 26.2 Å². The van der Waals surface area contributed by atoms with E-state index in [0.717, 1.165) is 27.4 Å². The molecule has 0 N–H and O–H groups in total. The lowest BCUT2D eigenvalue weighted by Gasteiger charge is -2.21. The van der Waals surface area contributed by atoms with E-state index in [-0.39, 0.29) is 22.2 Å². The van der Waals surface area contributed by atoms with Gasteiger partial charge in [0, 0.05) is 23.0 Å². The lowest BCUT2D eigenvalue weighted by molar-refractivity contribution is -0.571. The summed E-state index contributed by atoms with van der Waals surface area (Å²) in [7, 11) is 0. The second-order valence-corrected chi connectivity index (χ2v) is 18.5. The maximum atomic E-state index is 10.4. The molecule has 0 unspecified atom stereocenters. The van der Waals surface area contributed by atoms with Crippen molar-refractivity contribution >= 4 is 32.8 Å². The lowest BCUT2D eigenvalue weighted by atomic mass is 9.88. The van der Waals surface area contributed by atoms with Gasteiger partial charge in [-0.15, -0.1) is 0 Å². The number of fused-ring (bicyclic) bond motifs is 4. The molecular formula is C70H52N4O. The maximum Gasteiger partial charge on any atom is 0.269 e. The summed E-state index contributed by atoms with van der Waals surface area (Å²) in [6.45, 7) is 6.38. The second-order valence-electron chi connectivity index (χ2n) is 18.5. The van der Waals surface area contributed by atoms with E-state index < -0.39 is 189 Å². The third kappa shape index (κ3) is 8.54. The number of rotatable bonds is 10. The Balaban J connectivity index is 1.15. The zero-order valence-corrected chi connectivity index (χ0v) is 40.2. The molecule has 5 nitrogen and oxygen atoms in total. The fourth-order valence-electron chi connectivity index (χ4n) is 9.29. The van der Waals surface area contributed by atoms with E-state index in [0.29, 0.717) is 28.5 Å². The average molecular weight is 988 g/mol. The molecule has 0 aliphatic rings. The highest BCUT2D eigenvalue weighted by atomic mass is 16.5. The topological polar surface area (TPSA) is 35.9 Å². The second kappa shape index (κ2) is 18.8. The van der Waals surface area contributed by atoms with Gasteiger partial charge in [-0.2, -0.15) is 0 Å². The molecule has 0 amide bonds. The van der Waals surface area contributed by atoms with Crippen LogP contribution in [0.5, 0.6) is 11.5 Å². The van der Waals surface area contributed by atoms with Crippen molar-refractivity contribution in [3.05, 3.63) is 272 Å². The highest BCUT2D eigenvalue weighted by Crippen LogP contribution is 2.42. The first-order valence-corrected chi connectivity index (χ1v) is 23.7. The van der Waals surface area contributed by atoms with Crippen LogP contribution >= 0.6 is 0 Å². The predicted octanol–water partition coefficient (Wildman–Crippen LogP) is 17.6. The minimum atomic E-state index is -1.00. The highest BCUT2D eigenvalue weighted by Gasteiger charge is 2.23. The van der Waals surface area contributed by atoms with Crippen LogP contribution in [-0.2, 0) is 5.41 Å². The molecule has 0 aliphatic heterocycles. The van der Waals surface area contributed by atoms with Crippen LogP contribution in [0.15, 0.2) is 260 Å². The summed E-state index contributed by atoms with van der Waals surface area (Å²) >= 11 is 0. The molecular weight excluding hydrogens is 913 g/mol. The highest BCUT2D eigenvalue weighted by molar-refractivity contribution is 6.09. The molecule has 10 aromatic carbocycles. The normalized spacial score (nSPS) is 16.0. The molecule has 0 saturated carbocycles. The fraction of sp³-hybridized carbons (Fsp3) is 0.0571. The number of pyridine rings is 1. The summed E-state index contributed by atoms with van der Waals surface area (Å²) < 4.78 is 222. The van der Waals surface area contributed by atoms with Crippen molar-refractivity contribution in [1.82, 2.24) is 14.1 Å². The molecule has 0 saturated heterocycles. The van der Waals surface area contributed by atoms with Crippen molar-refractivity contribution in [2.75, 3.05) is 0 Å². The van der Waals surface area contributed by atoms with E-state index in [1.54, 1.807) is 59.3 Å². The van der Waals surface area contributed by atoms with Crippen LogP contribution in [0.4, 0.5) is 0 Å². The summed E-state index contributed by atoms with van der Waals surface area (Å²) in [6, 6.07) is 13.2. The quantitative estimate of drug-likeness (QED) is 0.101. The van der Waals surface area contributed by atoms with Crippen molar-refractivity contribution < 1.29 is 40.8 Å². The van der Waals surface area contributed by atoms with Crippen LogP contribution in [0.2, 0.25) is 0 Å². The van der Waals surface area contributed by atoms with Crippen LogP contribution in [0.1, 0.15) is 57.9 Å². The molecule has 3 aromatic heterocycles. The summed E-state index contributed by atoms with van der Waals surface area (Å²) in [4.78, 5) is 4.82. The number of aromatic nitrogens is 4. The van der Waals surface area contributed by atoms with Gasteiger partial charge in [0.25, 0.3) is 6.33 Å². The van der Waals surface area contributed by atoms with Crippen LogP contribution in [0, 0.1) is 6.33 Å². The Hall–Kier alpha value is -9.58. The summed E-state index contributed by atoms with van der Waals surface area (Å²) in [6.07, 6.45) is 5.14. The molecule has 3 heterocycles. The average Bonchev–Trinajstić information content (AvgIpc) is 0.957. The van der Waals surface area contributed by atoms with Gasteiger partial charge in [0.1, 0.15) is 17.3 Å². The molecule has 358 valence electrons. The van der Waals surface area contributed by atoms with Gasteiger partial charge in [-0.3, -0.25) is 13.7 Å². The van der Waals surface area contributed by atoms with Gasteiger partial charge in [-0.05, 0) is 145 Å². The van der Waals surface area contributed by atoms with Crippen molar-refractivity contribution in [2.45, 2.75) is 26.2 Å². The van der Waals surface area contributed by atoms with E-state index in [2.05, 4.69) is 37.7 Å². The minimum absolute atomic E-state index is 0.185. The van der Waals surface area contributed by atoms with Gasteiger partial charge in [0.2, 0.25) is 0 Å². The first-order chi connectivity index (χ1) is 46.4. The van der Waals surface area contributed by atoms with Gasteiger partial charge in [0.15, 0.2) is 0 Å². The van der Waals surface area contributed by atoms with Crippen LogP contribution in [0.25, 0.3) is 106 Å². The monoisotopic (exact) mass is 988 g/mol. The van der Waals surface area contributed by atoms with Crippen LogP contribution in [-0.4, -0.2) is 14.1 Å². The molecule has 13 rings (SSSR count). The minimum Gasteiger partial charge on any atom is -0.458 e. The molecule has 13 aromatic rings. The Kier molecular flexibility index (Phi) is 6.75. The first kappa shape index (κ1) is 26.9. The Morgan fingerprint density at radius 2 is 1.04 bits per heavy atom. The molecule has 0 atom stereocenters. The maximum absolute atomic E-state index is 10.4. The summed E-state index contributed by atoms with van der Waals surface area (Å²) in [5, 5.41) is 1.92. The number of imidazole rings is 1. The largest absolute Gasteiger partial charge is 0.458 e. The number of hydrogen-bond donors (Lipinski definition) is 0. The molecule has 75 heavy (non-hydrogen) atoms. The van der Waals surface area contributed by atoms with Crippen LogP contribution < -0.4 is 9.30 Å². The Morgan fingerprint density at radius 3 is 1.71 bits per heavy atom. The fourth-order valence-corrected chi connectivity index (χ4v) is 9.29. The van der Waals surface area contributed by atoms with Gasteiger partial charge in [-0.1, -0.05) is 190 Å². The smallest absolute Gasteiger partial charge is 0.269 e. The molecule has 0 fully saturated rings. The van der Waals surface area contributed by atoms with Gasteiger partial charge in [-0.25, -0.2) is 4.98 Å². The number of para-hydroxylation sites is 3. The van der Waals surface area contributed by atoms with E-state index in [9.17, 15) is 15.1 Å². The van der Waals surface area contributed by atoms with Gasteiger partial charge >= 0.3 is 0 Å². The third-order valence-corrected chi connectivity index (χ3v) is 12.8. The lowest BCUT2D eigenvalue weighted by Crippen LogP contribution is -2.31. The van der Waals surface area contributed by atoms with Crippen LogP contribution in [0.3, 0.4) is 0 Å². The SMILES string of the molecule is [2H]c1c([2H])c([2H])c(-c2cc(-c3c([2H])c([2H])c([2H])c([2H])c3[2H])c(-[n+]3[c-]n(-c4cccc(Oc5ccc6c7ccccc7n(-c7cc(C(C)(C)C)ccn7)c6c5)c4)c4ccccc43)c(-c3c([2H])c(-c4c([2H])c([2H])c([2H])c([2H])c4[2H])c([2H])c(-c4c([2H])c([2H])c([2H])c([2H])c4[2H])c3[2H])c2)c([2H])c1[2H]. The number of benzene rings is 10. The number of ether oxygens (including phenoxy) is 1. The zero-order chi connectivity index (χ0) is 70.5. The van der Waals surface area contributed by atoms with E-state index in [1.165, 1.54) is 16.7 Å². The zero-order valence-electron chi connectivity index (χ0n) is 63.2. The van der Waals surface area contributed by atoms with Crippen molar-refractivity contribution in [3.63, 3.8) is 0 Å². The first-order valence-electron chi connectivity index (χ1n) is 35.2. The summed E-state index contributed by atoms with van der Waals surface area (Å²) in [5.74, 6) is 1.46. The number of hydrogen-bond acceptors (Lipinski definition) is 2. The van der Waals surface area contributed by atoms with Crippen molar-refractivity contribution in [1.29, 1.82) is 0 Å². The Labute approximate surface area is 469 Å². The Morgan fingerprint density at radius 1 is 0.480 bits per heavy atom. The molecule has 0 bridgehead atoms. The molecule has 5 heteroatoms. The molecule has 0 radical (unpaired) electrons. The molecule has 0 aliphatic carbocycles. The number of nitrogens with zero attached hydrogens (tertiary/aromatic N) is 4. The van der Waals surface area contributed by atoms with Crippen molar-refractivity contribution in [3.8, 4) is 84.3 Å². The summed E-state index contributed by atoms with van der Waals surface area (Å²) in [5.41, 5.74) is -3.05. The third-order valence-electron chi connectivity index (χ3n) is 12.8. The molecule has 0 spiro atoms. The van der Waals surface area contributed by atoms with E-state index >= 15 is 0 Å². The Bertz CT molecular complexity index is 5450. The van der Waals surface area contributed by atoms with Crippen molar-refractivity contribution in [2.24, 2.45) is 0 Å². The van der Waals surface area contributed by atoms with E-state index in [1.807, 2.05) is 48.5 Å². The predicted molar refractivity (Wildman–Crippen MR) is 308 cm³/mol. The van der Waals surface area contributed by atoms with Gasteiger partial charge < -0.3 is 4.74 Å².